The third-order valence-corrected chi connectivity index (χ3v) is 4.63. The molecule has 0 aliphatic carbocycles. The van der Waals surface area contributed by atoms with Crippen LogP contribution in [-0.2, 0) is 0 Å². The van der Waals surface area contributed by atoms with Crippen LogP contribution in [0, 0.1) is 0 Å². The van der Waals surface area contributed by atoms with E-state index in [0.29, 0.717) is 22.9 Å². The summed E-state index contributed by atoms with van der Waals surface area (Å²) in [5, 5.41) is 2.88. The van der Waals surface area contributed by atoms with E-state index in [9.17, 15) is 4.79 Å². The highest BCUT2D eigenvalue weighted by atomic mass is 79.9. The number of benzene rings is 3. The minimum Gasteiger partial charge on any atom is -0.439 e. The summed E-state index contributed by atoms with van der Waals surface area (Å²) < 4.78 is 6.66. The van der Waals surface area contributed by atoms with Crippen LogP contribution in [0.2, 0.25) is 0 Å². The molecule has 0 saturated heterocycles. The lowest BCUT2D eigenvalue weighted by atomic mass is 10.1. The maximum Gasteiger partial charge on any atom is 0.255 e. The van der Waals surface area contributed by atoms with E-state index >= 15 is 0 Å². The smallest absolute Gasteiger partial charge is 0.255 e. The van der Waals surface area contributed by atoms with Gasteiger partial charge in [-0.3, -0.25) is 4.79 Å². The molecule has 4 rings (SSSR count). The second-order valence-corrected chi connectivity index (χ2v) is 7.11. The topological polar surface area (TPSA) is 64.1 Å². The van der Waals surface area contributed by atoms with Crippen LogP contribution in [0.3, 0.4) is 0 Å². The number of aromatic nitrogens is 2. The Morgan fingerprint density at radius 2 is 1.66 bits per heavy atom. The van der Waals surface area contributed by atoms with E-state index in [1.54, 1.807) is 18.2 Å². The summed E-state index contributed by atoms with van der Waals surface area (Å²) in [5.74, 6) is 0.986. The van der Waals surface area contributed by atoms with Crippen LogP contribution in [-0.4, -0.2) is 15.9 Å². The minimum atomic E-state index is -0.176. The van der Waals surface area contributed by atoms with Crippen molar-refractivity contribution in [3.8, 4) is 22.9 Å². The number of nitrogens with zero attached hydrogens (tertiary/aromatic N) is 2. The molecule has 1 aromatic heterocycles. The molecule has 0 fully saturated rings. The zero-order valence-electron chi connectivity index (χ0n) is 15.2. The maximum atomic E-state index is 12.5. The van der Waals surface area contributed by atoms with E-state index in [-0.39, 0.29) is 5.91 Å². The first-order valence-electron chi connectivity index (χ1n) is 8.90. The van der Waals surface area contributed by atoms with Crippen molar-refractivity contribution in [1.82, 2.24) is 9.97 Å². The molecule has 1 N–H and O–H groups in total. The van der Waals surface area contributed by atoms with Gasteiger partial charge in [0.1, 0.15) is 12.1 Å². The van der Waals surface area contributed by atoms with E-state index in [0.717, 1.165) is 15.7 Å². The quantitative estimate of drug-likeness (QED) is 0.412. The third kappa shape index (κ3) is 4.86. The van der Waals surface area contributed by atoms with E-state index < -0.39 is 0 Å². The number of rotatable bonds is 5. The van der Waals surface area contributed by atoms with Gasteiger partial charge in [-0.2, -0.15) is 0 Å². The number of para-hydroxylation sites is 1. The van der Waals surface area contributed by atoms with E-state index in [4.69, 9.17) is 4.74 Å². The highest BCUT2D eigenvalue weighted by Crippen LogP contribution is 2.24. The Bertz CT molecular complexity index is 1130. The monoisotopic (exact) mass is 445 g/mol. The lowest BCUT2D eigenvalue weighted by Crippen LogP contribution is -2.11. The molecule has 0 radical (unpaired) electrons. The molecule has 1 amide bonds. The SMILES string of the molecule is O=C(Nc1cccc(Br)c1)c1ccc(-c2cc(Oc3ccccc3)ncn2)cc1. The fourth-order valence-corrected chi connectivity index (χ4v) is 3.12. The number of hydrogen-bond acceptors (Lipinski definition) is 4. The molecule has 4 aromatic rings. The van der Waals surface area contributed by atoms with Crippen molar-refractivity contribution in [2.45, 2.75) is 0 Å². The van der Waals surface area contributed by atoms with Gasteiger partial charge in [0.25, 0.3) is 5.91 Å². The van der Waals surface area contributed by atoms with Gasteiger partial charge < -0.3 is 10.1 Å². The summed E-state index contributed by atoms with van der Waals surface area (Å²) in [4.78, 5) is 20.9. The van der Waals surface area contributed by atoms with Gasteiger partial charge in [0, 0.05) is 27.4 Å². The molecule has 6 heteroatoms. The second kappa shape index (κ2) is 8.67. The zero-order chi connectivity index (χ0) is 20.1. The van der Waals surface area contributed by atoms with Crippen LogP contribution in [0.25, 0.3) is 11.3 Å². The normalized spacial score (nSPS) is 10.4. The Balaban J connectivity index is 1.49. The van der Waals surface area contributed by atoms with Gasteiger partial charge in [-0.25, -0.2) is 9.97 Å². The first-order valence-corrected chi connectivity index (χ1v) is 9.69. The molecule has 0 bridgehead atoms. The maximum absolute atomic E-state index is 12.5. The molecule has 3 aromatic carbocycles. The third-order valence-electron chi connectivity index (χ3n) is 4.13. The average Bonchev–Trinajstić information content (AvgIpc) is 2.75. The van der Waals surface area contributed by atoms with Crippen molar-refractivity contribution < 1.29 is 9.53 Å². The molecule has 1 heterocycles. The molecule has 0 aliphatic rings. The molecule has 142 valence electrons. The van der Waals surface area contributed by atoms with Crippen LogP contribution >= 0.6 is 15.9 Å². The summed E-state index contributed by atoms with van der Waals surface area (Å²) in [6.07, 6.45) is 1.46. The number of carbonyl (C=O) groups is 1. The van der Waals surface area contributed by atoms with Crippen molar-refractivity contribution in [3.05, 3.63) is 101 Å². The number of ether oxygens (including phenoxy) is 1. The van der Waals surface area contributed by atoms with Crippen molar-refractivity contribution in [2.75, 3.05) is 5.32 Å². The minimum absolute atomic E-state index is 0.176. The number of nitrogens with one attached hydrogen (secondary N) is 1. The highest BCUT2D eigenvalue weighted by Gasteiger charge is 2.09. The van der Waals surface area contributed by atoms with Crippen LogP contribution in [0.5, 0.6) is 11.6 Å². The fourth-order valence-electron chi connectivity index (χ4n) is 2.72. The summed E-state index contributed by atoms with van der Waals surface area (Å²) in [5.41, 5.74) is 2.87. The Morgan fingerprint density at radius 1 is 0.862 bits per heavy atom. The largest absolute Gasteiger partial charge is 0.439 e. The fraction of sp³-hybridized carbons (Fsp3) is 0. The molecular weight excluding hydrogens is 430 g/mol. The lowest BCUT2D eigenvalue weighted by molar-refractivity contribution is 0.102. The summed E-state index contributed by atoms with van der Waals surface area (Å²) in [6, 6.07) is 25.9. The molecule has 5 nitrogen and oxygen atoms in total. The predicted octanol–water partition coefficient (Wildman–Crippen LogP) is 5.95. The second-order valence-electron chi connectivity index (χ2n) is 6.20. The van der Waals surface area contributed by atoms with Crippen molar-refractivity contribution in [3.63, 3.8) is 0 Å². The van der Waals surface area contributed by atoms with Gasteiger partial charge >= 0.3 is 0 Å². The number of halogens is 1. The molecule has 0 unspecified atom stereocenters. The van der Waals surface area contributed by atoms with Crippen molar-refractivity contribution in [1.29, 1.82) is 0 Å². The standard InChI is InChI=1S/C23H16BrN3O2/c24-18-5-4-6-19(13-18)27-23(28)17-11-9-16(10-12-17)21-14-22(26-15-25-21)29-20-7-2-1-3-8-20/h1-15H,(H,27,28). The first kappa shape index (κ1) is 18.8. The zero-order valence-corrected chi connectivity index (χ0v) is 16.8. The Labute approximate surface area is 176 Å². The van der Waals surface area contributed by atoms with Crippen LogP contribution < -0.4 is 10.1 Å². The molecule has 29 heavy (non-hydrogen) atoms. The Kier molecular flexibility index (Phi) is 5.63. The highest BCUT2D eigenvalue weighted by molar-refractivity contribution is 9.10. The van der Waals surface area contributed by atoms with Gasteiger partial charge in [-0.1, -0.05) is 52.3 Å². The van der Waals surface area contributed by atoms with E-state index in [1.807, 2.05) is 66.7 Å². The van der Waals surface area contributed by atoms with Crippen molar-refractivity contribution >= 4 is 27.5 Å². The van der Waals surface area contributed by atoms with E-state index in [2.05, 4.69) is 31.2 Å². The Hall–Kier alpha value is -3.51. The summed E-state index contributed by atoms with van der Waals surface area (Å²) >= 11 is 3.40. The number of carbonyl (C=O) groups excluding carboxylic acids is 1. The summed E-state index contributed by atoms with van der Waals surface area (Å²) in [6.45, 7) is 0. The first-order chi connectivity index (χ1) is 14.2. The molecular formula is C23H16BrN3O2. The van der Waals surface area contributed by atoms with Gasteiger partial charge in [-0.05, 0) is 42.5 Å². The Morgan fingerprint density at radius 3 is 2.41 bits per heavy atom. The number of hydrogen-bond donors (Lipinski definition) is 1. The van der Waals surface area contributed by atoms with Crippen LogP contribution in [0.15, 0.2) is 95.7 Å². The van der Waals surface area contributed by atoms with Gasteiger partial charge in [0.05, 0.1) is 5.69 Å². The van der Waals surface area contributed by atoms with Gasteiger partial charge in [0.15, 0.2) is 0 Å². The number of amides is 1. The molecule has 0 spiro atoms. The van der Waals surface area contributed by atoms with Crippen molar-refractivity contribution in [2.24, 2.45) is 0 Å². The average molecular weight is 446 g/mol. The van der Waals surface area contributed by atoms with Gasteiger partial charge in [-0.15, -0.1) is 0 Å². The summed E-state index contributed by atoms with van der Waals surface area (Å²) in [7, 11) is 0. The van der Waals surface area contributed by atoms with Gasteiger partial charge in [0.2, 0.25) is 5.88 Å². The van der Waals surface area contributed by atoms with Crippen LogP contribution in [0.4, 0.5) is 5.69 Å². The molecule has 0 aliphatic heterocycles. The van der Waals surface area contributed by atoms with E-state index in [1.165, 1.54) is 6.33 Å². The molecule has 0 saturated carbocycles. The molecule has 0 atom stereocenters. The van der Waals surface area contributed by atoms with Crippen LogP contribution in [0.1, 0.15) is 10.4 Å². The predicted molar refractivity (Wildman–Crippen MR) is 116 cm³/mol. The number of anilines is 1. The lowest BCUT2D eigenvalue weighted by Gasteiger charge is -2.08.